The normalized spacial score (nSPS) is 22.9. The molecule has 98 valence electrons. The maximum atomic E-state index is 12.0. The molecular weight excluding hydrogens is 232 g/mol. The fourth-order valence-electron chi connectivity index (χ4n) is 2.07. The summed E-state index contributed by atoms with van der Waals surface area (Å²) >= 11 is 0. The lowest BCUT2D eigenvalue weighted by molar-refractivity contribution is -0.139. The number of ether oxygens (including phenoxy) is 1. The molecule has 5 heteroatoms. The first-order chi connectivity index (χ1) is 8.51. The Bertz CT molecular complexity index is 454. The second-order valence-corrected chi connectivity index (χ2v) is 4.75. The van der Waals surface area contributed by atoms with Crippen LogP contribution < -0.4 is 11.1 Å². The molecular formula is C13H18N2O3. The van der Waals surface area contributed by atoms with Gasteiger partial charge in [0.25, 0.3) is 5.91 Å². The van der Waals surface area contributed by atoms with Crippen molar-refractivity contribution in [1.82, 2.24) is 5.32 Å². The molecule has 5 nitrogen and oxygen atoms in total. The molecule has 1 heterocycles. The minimum Gasteiger partial charge on any atom is -0.508 e. The summed E-state index contributed by atoms with van der Waals surface area (Å²) in [4.78, 5) is 12.0. The van der Waals surface area contributed by atoms with Gasteiger partial charge in [0.1, 0.15) is 11.4 Å². The number of nitrogens with two attached hydrogens (primary N) is 1. The molecule has 0 aromatic heterocycles. The van der Waals surface area contributed by atoms with Crippen molar-refractivity contribution in [2.75, 3.05) is 12.3 Å². The Labute approximate surface area is 106 Å². The first-order valence-corrected chi connectivity index (χ1v) is 6.01. The monoisotopic (exact) mass is 250 g/mol. The zero-order valence-electron chi connectivity index (χ0n) is 10.4. The first-order valence-electron chi connectivity index (χ1n) is 6.01. The topological polar surface area (TPSA) is 84.6 Å². The second kappa shape index (κ2) is 4.86. The highest BCUT2D eigenvalue weighted by Crippen LogP contribution is 2.25. The molecule has 1 aliphatic rings. The Morgan fingerprint density at radius 3 is 3.06 bits per heavy atom. The Hall–Kier alpha value is -1.75. The van der Waals surface area contributed by atoms with Gasteiger partial charge in [-0.25, -0.2) is 0 Å². The van der Waals surface area contributed by atoms with E-state index in [-0.39, 0.29) is 18.2 Å². The molecule has 2 rings (SSSR count). The number of carbonyl (C=O) groups excluding carboxylic acids is 1. The highest BCUT2D eigenvalue weighted by molar-refractivity contribution is 5.85. The predicted octanol–water partition coefficient (Wildman–Crippen LogP) is 1.16. The van der Waals surface area contributed by atoms with Crippen LogP contribution in [0.1, 0.15) is 25.3 Å². The molecule has 18 heavy (non-hydrogen) atoms. The first kappa shape index (κ1) is 12.7. The van der Waals surface area contributed by atoms with Crippen LogP contribution in [0.2, 0.25) is 0 Å². The van der Waals surface area contributed by atoms with E-state index in [1.807, 2.05) is 0 Å². The van der Waals surface area contributed by atoms with Crippen molar-refractivity contribution in [3.8, 4) is 5.75 Å². The maximum Gasteiger partial charge on any atom is 0.252 e. The van der Waals surface area contributed by atoms with Crippen molar-refractivity contribution in [2.24, 2.45) is 0 Å². The number of rotatable bonds is 3. The smallest absolute Gasteiger partial charge is 0.252 e. The van der Waals surface area contributed by atoms with Crippen molar-refractivity contribution in [3.05, 3.63) is 23.8 Å². The standard InChI is InChI=1S/C13H18N2O3/c1-13(5-2-6-18-13)12(17)15-8-9-7-10(14)3-4-11(9)16/h3-4,7,16H,2,5-6,8,14H2,1H3,(H,15,17). The third-order valence-electron chi connectivity index (χ3n) is 3.24. The van der Waals surface area contributed by atoms with Crippen LogP contribution >= 0.6 is 0 Å². The molecule has 0 aliphatic carbocycles. The number of phenolic OH excluding ortho intramolecular Hbond substituents is 1. The number of phenols is 1. The fourth-order valence-corrected chi connectivity index (χ4v) is 2.07. The zero-order chi connectivity index (χ0) is 13.2. The van der Waals surface area contributed by atoms with E-state index in [4.69, 9.17) is 10.5 Å². The third-order valence-corrected chi connectivity index (χ3v) is 3.24. The van der Waals surface area contributed by atoms with Gasteiger partial charge >= 0.3 is 0 Å². The zero-order valence-corrected chi connectivity index (χ0v) is 10.4. The summed E-state index contributed by atoms with van der Waals surface area (Å²) in [5, 5.41) is 12.4. The number of nitrogen functional groups attached to an aromatic ring is 1. The maximum absolute atomic E-state index is 12.0. The van der Waals surface area contributed by atoms with Crippen LogP contribution in [-0.4, -0.2) is 23.2 Å². The summed E-state index contributed by atoms with van der Waals surface area (Å²) in [6, 6.07) is 4.78. The number of anilines is 1. The molecule has 1 aromatic carbocycles. The fraction of sp³-hybridized carbons (Fsp3) is 0.462. The second-order valence-electron chi connectivity index (χ2n) is 4.75. The molecule has 4 N–H and O–H groups in total. The third kappa shape index (κ3) is 2.56. The molecule has 1 saturated heterocycles. The van der Waals surface area contributed by atoms with Gasteiger partial charge < -0.3 is 20.9 Å². The van der Waals surface area contributed by atoms with Gasteiger partial charge in [-0.15, -0.1) is 0 Å². The number of hydrogen-bond donors (Lipinski definition) is 3. The lowest BCUT2D eigenvalue weighted by atomic mass is 10.0. The number of benzene rings is 1. The van der Waals surface area contributed by atoms with Crippen LogP contribution in [0.5, 0.6) is 5.75 Å². The predicted molar refractivity (Wildman–Crippen MR) is 68.0 cm³/mol. The summed E-state index contributed by atoms with van der Waals surface area (Å²) in [5.74, 6) is -0.0242. The van der Waals surface area contributed by atoms with Crippen molar-refractivity contribution < 1.29 is 14.6 Å². The van der Waals surface area contributed by atoms with Gasteiger partial charge in [0.05, 0.1) is 0 Å². The minimum absolute atomic E-state index is 0.127. The lowest BCUT2D eigenvalue weighted by Crippen LogP contribution is -2.43. The molecule has 0 saturated carbocycles. The van der Waals surface area contributed by atoms with E-state index in [2.05, 4.69) is 5.32 Å². The minimum atomic E-state index is -0.740. The number of amides is 1. The Morgan fingerprint density at radius 1 is 1.61 bits per heavy atom. The van der Waals surface area contributed by atoms with Crippen molar-refractivity contribution in [2.45, 2.75) is 31.9 Å². The summed E-state index contributed by atoms with van der Waals surface area (Å²) in [6.45, 7) is 2.65. The molecule has 1 aliphatic heterocycles. The van der Waals surface area contributed by atoms with Crippen molar-refractivity contribution >= 4 is 11.6 Å². The van der Waals surface area contributed by atoms with Crippen LogP contribution in [0.4, 0.5) is 5.69 Å². The van der Waals surface area contributed by atoms with Crippen LogP contribution in [0.25, 0.3) is 0 Å². The average molecular weight is 250 g/mol. The molecule has 1 unspecified atom stereocenters. The molecule has 0 spiro atoms. The number of nitrogens with one attached hydrogen (secondary N) is 1. The Morgan fingerprint density at radius 2 is 2.39 bits per heavy atom. The van der Waals surface area contributed by atoms with Crippen molar-refractivity contribution in [1.29, 1.82) is 0 Å². The molecule has 1 amide bonds. The largest absolute Gasteiger partial charge is 0.508 e. The molecule has 1 fully saturated rings. The number of carbonyl (C=O) groups is 1. The van der Waals surface area contributed by atoms with Gasteiger partial charge in [0.15, 0.2) is 0 Å². The van der Waals surface area contributed by atoms with E-state index >= 15 is 0 Å². The summed E-state index contributed by atoms with van der Waals surface area (Å²) in [6.07, 6.45) is 1.62. The molecule has 0 bridgehead atoms. The highest BCUT2D eigenvalue weighted by Gasteiger charge is 2.37. The molecule has 1 atom stereocenters. The van der Waals surface area contributed by atoms with Crippen LogP contribution in [0.15, 0.2) is 18.2 Å². The highest BCUT2D eigenvalue weighted by atomic mass is 16.5. The summed E-state index contributed by atoms with van der Waals surface area (Å²) in [7, 11) is 0. The molecule has 1 aromatic rings. The van der Waals surface area contributed by atoms with E-state index < -0.39 is 5.60 Å². The van der Waals surface area contributed by atoms with E-state index in [9.17, 15) is 9.90 Å². The molecule has 0 radical (unpaired) electrons. The van der Waals surface area contributed by atoms with Gasteiger partial charge in [-0.3, -0.25) is 4.79 Å². The van der Waals surface area contributed by atoms with Crippen LogP contribution in [0, 0.1) is 0 Å². The van der Waals surface area contributed by atoms with Crippen molar-refractivity contribution in [3.63, 3.8) is 0 Å². The Balaban J connectivity index is 1.99. The van der Waals surface area contributed by atoms with Gasteiger partial charge in [0, 0.05) is 24.4 Å². The Kier molecular flexibility index (Phi) is 3.43. The summed E-state index contributed by atoms with van der Waals surface area (Å²) < 4.78 is 5.45. The van der Waals surface area contributed by atoms with Gasteiger partial charge in [-0.1, -0.05) is 0 Å². The average Bonchev–Trinajstić information content (AvgIpc) is 2.78. The number of aromatic hydroxyl groups is 1. The van der Waals surface area contributed by atoms with Crippen LogP contribution in [-0.2, 0) is 16.1 Å². The SMILES string of the molecule is CC1(C(=O)NCc2cc(N)ccc2O)CCCO1. The van der Waals surface area contributed by atoms with Crippen LogP contribution in [0.3, 0.4) is 0 Å². The van der Waals surface area contributed by atoms with E-state index in [1.165, 1.54) is 6.07 Å². The lowest BCUT2D eigenvalue weighted by Gasteiger charge is -2.22. The quantitative estimate of drug-likeness (QED) is 0.555. The van der Waals surface area contributed by atoms with Gasteiger partial charge in [-0.2, -0.15) is 0 Å². The van der Waals surface area contributed by atoms with E-state index in [0.29, 0.717) is 17.9 Å². The van der Waals surface area contributed by atoms with E-state index in [0.717, 1.165) is 12.8 Å². The van der Waals surface area contributed by atoms with Gasteiger partial charge in [0.2, 0.25) is 0 Å². The van der Waals surface area contributed by atoms with Gasteiger partial charge in [-0.05, 0) is 38.0 Å². The van der Waals surface area contributed by atoms with E-state index in [1.54, 1.807) is 19.1 Å². The summed E-state index contributed by atoms with van der Waals surface area (Å²) in [5.41, 5.74) is 6.05. The number of hydrogen-bond acceptors (Lipinski definition) is 4.